The number of ether oxygens (including phenoxy) is 1. The molecule has 0 unspecified atom stereocenters. The molecule has 1 aromatic heterocycles. The Labute approximate surface area is 165 Å². The molecule has 3 nitrogen and oxygen atoms in total. The third kappa shape index (κ3) is 14.9. The fourth-order valence-electron chi connectivity index (χ4n) is 2.80. The third-order valence-electron chi connectivity index (χ3n) is 4.45. The standard InChI is InChI=1S/C24H37NO2/c1-2-3-4-5-6-7-8-9-10-11-12-13-14-15-16-19-24(26)27-22-23-18-17-20-25-21-23/h7-8,10-11,17-18,20-21H,2-6,9,12-16,19,22H2,1H3/b8-7-,11-10-. The molecule has 0 aliphatic rings. The van der Waals surface area contributed by atoms with Crippen molar-refractivity contribution in [2.45, 2.75) is 90.6 Å². The second-order valence-electron chi connectivity index (χ2n) is 7.00. The average molecular weight is 372 g/mol. The van der Waals surface area contributed by atoms with E-state index in [0.29, 0.717) is 13.0 Å². The first-order valence-electron chi connectivity index (χ1n) is 10.7. The average Bonchev–Trinajstić information content (AvgIpc) is 2.70. The highest BCUT2D eigenvalue weighted by Crippen LogP contribution is 2.08. The minimum atomic E-state index is -0.111. The number of hydrogen-bond acceptors (Lipinski definition) is 3. The van der Waals surface area contributed by atoms with Crippen molar-refractivity contribution in [2.24, 2.45) is 0 Å². The van der Waals surface area contributed by atoms with Gasteiger partial charge in [-0.15, -0.1) is 0 Å². The van der Waals surface area contributed by atoms with Crippen molar-refractivity contribution in [1.29, 1.82) is 0 Å². The van der Waals surface area contributed by atoms with E-state index in [0.717, 1.165) is 31.2 Å². The van der Waals surface area contributed by atoms with Gasteiger partial charge in [-0.05, 0) is 44.6 Å². The Kier molecular flexibility index (Phi) is 15.0. The summed E-state index contributed by atoms with van der Waals surface area (Å²) in [6, 6.07) is 3.76. The van der Waals surface area contributed by atoms with Crippen LogP contribution < -0.4 is 0 Å². The molecule has 1 rings (SSSR count). The second-order valence-corrected chi connectivity index (χ2v) is 7.00. The normalized spacial score (nSPS) is 11.4. The number of aromatic nitrogens is 1. The van der Waals surface area contributed by atoms with Crippen LogP contribution in [0.15, 0.2) is 48.8 Å². The Morgan fingerprint density at radius 2 is 1.67 bits per heavy atom. The van der Waals surface area contributed by atoms with Gasteiger partial charge in [-0.3, -0.25) is 9.78 Å². The van der Waals surface area contributed by atoms with Gasteiger partial charge in [0.2, 0.25) is 0 Å². The minimum absolute atomic E-state index is 0.111. The number of rotatable bonds is 16. The number of pyridine rings is 1. The van der Waals surface area contributed by atoms with Gasteiger partial charge < -0.3 is 4.74 Å². The molecule has 3 heteroatoms. The summed E-state index contributed by atoms with van der Waals surface area (Å²) in [5.74, 6) is -0.111. The van der Waals surface area contributed by atoms with Crippen LogP contribution in [0.1, 0.15) is 89.5 Å². The summed E-state index contributed by atoms with van der Waals surface area (Å²) < 4.78 is 5.25. The molecule has 0 atom stereocenters. The van der Waals surface area contributed by atoms with E-state index in [1.165, 1.54) is 44.9 Å². The lowest BCUT2D eigenvalue weighted by molar-refractivity contribution is -0.145. The van der Waals surface area contributed by atoms with Crippen LogP contribution in [0.5, 0.6) is 0 Å². The van der Waals surface area contributed by atoms with Gasteiger partial charge in [-0.25, -0.2) is 0 Å². The Bertz CT molecular complexity index is 522. The smallest absolute Gasteiger partial charge is 0.306 e. The molecule has 1 aromatic rings. The van der Waals surface area contributed by atoms with E-state index in [4.69, 9.17) is 4.74 Å². The van der Waals surface area contributed by atoms with E-state index in [2.05, 4.69) is 36.2 Å². The van der Waals surface area contributed by atoms with E-state index in [1.807, 2.05) is 12.1 Å². The van der Waals surface area contributed by atoms with Gasteiger partial charge in [-0.2, -0.15) is 0 Å². The van der Waals surface area contributed by atoms with Crippen molar-refractivity contribution < 1.29 is 9.53 Å². The molecular formula is C24H37NO2. The molecule has 1 heterocycles. The third-order valence-corrected chi connectivity index (χ3v) is 4.45. The lowest BCUT2D eigenvalue weighted by Gasteiger charge is -2.04. The highest BCUT2D eigenvalue weighted by atomic mass is 16.5. The van der Waals surface area contributed by atoms with Crippen LogP contribution in [0.25, 0.3) is 0 Å². The van der Waals surface area contributed by atoms with E-state index < -0.39 is 0 Å². The molecule has 27 heavy (non-hydrogen) atoms. The van der Waals surface area contributed by atoms with Crippen molar-refractivity contribution in [2.75, 3.05) is 0 Å². The van der Waals surface area contributed by atoms with Crippen LogP contribution in [-0.2, 0) is 16.1 Å². The fraction of sp³-hybridized carbons (Fsp3) is 0.583. The molecule has 0 spiro atoms. The number of esters is 1. The van der Waals surface area contributed by atoms with Crippen LogP contribution in [0, 0.1) is 0 Å². The van der Waals surface area contributed by atoms with E-state index in [1.54, 1.807) is 12.4 Å². The molecule has 0 aliphatic carbocycles. The molecule has 0 saturated heterocycles. The van der Waals surface area contributed by atoms with Gasteiger partial charge >= 0.3 is 5.97 Å². The van der Waals surface area contributed by atoms with Gasteiger partial charge in [0.15, 0.2) is 0 Å². The molecule has 0 amide bonds. The highest BCUT2D eigenvalue weighted by molar-refractivity contribution is 5.69. The Morgan fingerprint density at radius 3 is 2.33 bits per heavy atom. The highest BCUT2D eigenvalue weighted by Gasteiger charge is 2.03. The summed E-state index contributed by atoms with van der Waals surface area (Å²) in [4.78, 5) is 15.7. The maximum Gasteiger partial charge on any atom is 0.306 e. The molecule has 0 radical (unpaired) electrons. The van der Waals surface area contributed by atoms with Crippen molar-refractivity contribution in [3.8, 4) is 0 Å². The Hall–Kier alpha value is -1.90. The zero-order valence-electron chi connectivity index (χ0n) is 17.1. The quantitative estimate of drug-likeness (QED) is 0.179. The number of allylic oxidation sites excluding steroid dienone is 4. The van der Waals surface area contributed by atoms with E-state index >= 15 is 0 Å². The first-order chi connectivity index (χ1) is 13.3. The molecule has 0 aromatic carbocycles. The van der Waals surface area contributed by atoms with Crippen LogP contribution in [0.3, 0.4) is 0 Å². The van der Waals surface area contributed by atoms with Gasteiger partial charge in [0.05, 0.1) is 0 Å². The number of carbonyl (C=O) groups is 1. The first kappa shape index (κ1) is 23.1. The molecule has 0 fully saturated rings. The lowest BCUT2D eigenvalue weighted by atomic mass is 10.1. The monoisotopic (exact) mass is 371 g/mol. The summed E-state index contributed by atoms with van der Waals surface area (Å²) in [5.41, 5.74) is 0.934. The van der Waals surface area contributed by atoms with Crippen LogP contribution >= 0.6 is 0 Å². The number of carbonyl (C=O) groups excluding carboxylic acids is 1. The summed E-state index contributed by atoms with van der Waals surface area (Å²) in [6.07, 6.45) is 26.2. The number of nitrogens with zero attached hydrogens (tertiary/aromatic N) is 1. The zero-order valence-corrected chi connectivity index (χ0v) is 17.1. The first-order valence-corrected chi connectivity index (χ1v) is 10.7. The van der Waals surface area contributed by atoms with E-state index in [9.17, 15) is 4.79 Å². The van der Waals surface area contributed by atoms with Gasteiger partial charge in [0.25, 0.3) is 0 Å². The summed E-state index contributed by atoms with van der Waals surface area (Å²) in [5, 5.41) is 0. The SMILES string of the molecule is CCCCCC/C=C\C/C=C\CCCCCCC(=O)OCc1cccnc1. The molecule has 0 bridgehead atoms. The molecule has 150 valence electrons. The lowest BCUT2D eigenvalue weighted by Crippen LogP contribution is -2.04. The van der Waals surface area contributed by atoms with Crippen LogP contribution in [0.4, 0.5) is 0 Å². The number of unbranched alkanes of at least 4 members (excludes halogenated alkanes) is 8. The van der Waals surface area contributed by atoms with Crippen molar-refractivity contribution >= 4 is 5.97 Å². The summed E-state index contributed by atoms with van der Waals surface area (Å²) in [7, 11) is 0. The fourth-order valence-corrected chi connectivity index (χ4v) is 2.80. The molecule has 0 aliphatic heterocycles. The zero-order chi connectivity index (χ0) is 19.4. The minimum Gasteiger partial charge on any atom is -0.461 e. The molecule has 0 saturated carbocycles. The van der Waals surface area contributed by atoms with E-state index in [-0.39, 0.29) is 5.97 Å². The predicted octanol–water partition coefficient (Wildman–Crippen LogP) is 6.94. The number of hydrogen-bond donors (Lipinski definition) is 0. The van der Waals surface area contributed by atoms with Crippen molar-refractivity contribution in [3.05, 3.63) is 54.4 Å². The van der Waals surface area contributed by atoms with Gasteiger partial charge in [0.1, 0.15) is 6.61 Å². The Balaban J connectivity index is 1.86. The van der Waals surface area contributed by atoms with Gasteiger partial charge in [-0.1, -0.05) is 69.4 Å². The van der Waals surface area contributed by atoms with Crippen LogP contribution in [-0.4, -0.2) is 11.0 Å². The van der Waals surface area contributed by atoms with Crippen molar-refractivity contribution in [1.82, 2.24) is 4.98 Å². The predicted molar refractivity (Wildman–Crippen MR) is 113 cm³/mol. The molecule has 0 N–H and O–H groups in total. The maximum atomic E-state index is 11.7. The Morgan fingerprint density at radius 1 is 0.963 bits per heavy atom. The summed E-state index contributed by atoms with van der Waals surface area (Å²) in [6.45, 7) is 2.57. The van der Waals surface area contributed by atoms with Gasteiger partial charge in [0, 0.05) is 24.4 Å². The van der Waals surface area contributed by atoms with Crippen molar-refractivity contribution in [3.63, 3.8) is 0 Å². The maximum absolute atomic E-state index is 11.7. The molecular weight excluding hydrogens is 334 g/mol. The topological polar surface area (TPSA) is 39.2 Å². The summed E-state index contributed by atoms with van der Waals surface area (Å²) >= 11 is 0. The second kappa shape index (κ2) is 17.5. The van der Waals surface area contributed by atoms with Crippen LogP contribution in [0.2, 0.25) is 0 Å². The largest absolute Gasteiger partial charge is 0.461 e.